The lowest BCUT2D eigenvalue weighted by Gasteiger charge is -2.53. The molecule has 0 heterocycles. The van der Waals surface area contributed by atoms with Crippen molar-refractivity contribution in [3.05, 3.63) is 41.0 Å². The highest BCUT2D eigenvalue weighted by molar-refractivity contribution is 6.22. The van der Waals surface area contributed by atoms with E-state index >= 15 is 0 Å². The highest BCUT2D eigenvalue weighted by atomic mass is 16.3. The summed E-state index contributed by atoms with van der Waals surface area (Å²) in [5.41, 5.74) is -4.25. The van der Waals surface area contributed by atoms with E-state index in [0.717, 1.165) is 5.57 Å². The zero-order valence-electron chi connectivity index (χ0n) is 16.0. The van der Waals surface area contributed by atoms with Crippen LogP contribution in [0.15, 0.2) is 29.8 Å². The van der Waals surface area contributed by atoms with E-state index in [1.165, 1.54) is 32.0 Å². The molecule has 0 amide bonds. The van der Waals surface area contributed by atoms with Crippen molar-refractivity contribution in [2.24, 2.45) is 11.3 Å². The van der Waals surface area contributed by atoms with Gasteiger partial charge in [0.2, 0.25) is 0 Å². The van der Waals surface area contributed by atoms with E-state index < -0.39 is 40.2 Å². The van der Waals surface area contributed by atoms with Gasteiger partial charge in [0, 0.05) is 12.0 Å². The van der Waals surface area contributed by atoms with Gasteiger partial charge in [-0.2, -0.15) is 0 Å². The van der Waals surface area contributed by atoms with Crippen LogP contribution in [0.3, 0.4) is 0 Å². The van der Waals surface area contributed by atoms with Gasteiger partial charge >= 0.3 is 0 Å². The third kappa shape index (κ3) is 2.58. The topological polar surface area (TPSA) is 115 Å². The molecule has 1 aromatic rings. The second-order valence-electron chi connectivity index (χ2n) is 8.53. The molecule has 0 aromatic heterocycles. The number of benzene rings is 1. The summed E-state index contributed by atoms with van der Waals surface area (Å²) in [7, 11) is 0. The van der Waals surface area contributed by atoms with Gasteiger partial charge in [-0.1, -0.05) is 23.8 Å². The van der Waals surface area contributed by atoms with Crippen molar-refractivity contribution in [3.63, 3.8) is 0 Å². The molecule has 6 heteroatoms. The highest BCUT2D eigenvalue weighted by Gasteiger charge is 2.65. The average molecular weight is 374 g/mol. The maximum Gasteiger partial charge on any atom is 0.200 e. The van der Waals surface area contributed by atoms with Crippen LogP contribution in [0.25, 0.3) is 0 Å². The van der Waals surface area contributed by atoms with Crippen molar-refractivity contribution in [1.29, 1.82) is 0 Å². The Labute approximate surface area is 158 Å². The Bertz CT molecular complexity index is 849. The van der Waals surface area contributed by atoms with E-state index in [2.05, 4.69) is 0 Å². The number of hydrogen-bond donors (Lipinski definition) is 4. The quantitative estimate of drug-likeness (QED) is 0.602. The van der Waals surface area contributed by atoms with Crippen molar-refractivity contribution >= 4 is 11.6 Å². The van der Waals surface area contributed by atoms with Crippen molar-refractivity contribution in [1.82, 2.24) is 0 Å². The predicted molar refractivity (Wildman–Crippen MR) is 98.6 cm³/mol. The lowest BCUT2D eigenvalue weighted by atomic mass is 9.50. The number of aliphatic hydroxyl groups excluding tert-OH is 1. The van der Waals surface area contributed by atoms with Crippen molar-refractivity contribution < 1.29 is 30.0 Å². The van der Waals surface area contributed by atoms with Crippen LogP contribution in [-0.2, 0) is 0 Å². The molecule has 4 unspecified atom stereocenters. The standard InChI is InChI=1S/C21H26O6/c1-11-8-9-21(27)18(25)16-12(6-5-7-14(16)22)17(24)20(21,4)13(11)10-15(23)19(2,3)26/h5-8,13,15,22-23,26-27H,9-10H2,1-4H3. The number of aliphatic hydroxyl groups is 3. The molecule has 6 nitrogen and oxygen atoms in total. The summed E-state index contributed by atoms with van der Waals surface area (Å²) in [6.45, 7) is 6.27. The first kappa shape index (κ1) is 19.7. The molecule has 4 N–H and O–H groups in total. The van der Waals surface area contributed by atoms with Gasteiger partial charge in [-0.05, 0) is 46.1 Å². The van der Waals surface area contributed by atoms with Gasteiger partial charge in [0.25, 0.3) is 0 Å². The van der Waals surface area contributed by atoms with Gasteiger partial charge in [0.05, 0.1) is 22.7 Å². The summed E-state index contributed by atoms with van der Waals surface area (Å²) >= 11 is 0. The molecule has 27 heavy (non-hydrogen) atoms. The summed E-state index contributed by atoms with van der Waals surface area (Å²) in [6, 6.07) is 4.27. The maximum absolute atomic E-state index is 13.5. The fourth-order valence-corrected chi connectivity index (χ4v) is 4.47. The molecular weight excluding hydrogens is 348 g/mol. The van der Waals surface area contributed by atoms with Gasteiger partial charge < -0.3 is 20.4 Å². The number of carbonyl (C=O) groups excluding carboxylic acids is 2. The second-order valence-corrected chi connectivity index (χ2v) is 8.53. The Balaban J connectivity index is 2.20. The Morgan fingerprint density at radius 1 is 1.26 bits per heavy atom. The molecule has 0 saturated heterocycles. The fourth-order valence-electron chi connectivity index (χ4n) is 4.47. The van der Waals surface area contributed by atoms with Crippen LogP contribution in [0.2, 0.25) is 0 Å². The number of Topliss-reactive ketones (excluding diaryl/α,β-unsaturated/α-hetero) is 2. The van der Waals surface area contributed by atoms with E-state index in [0.29, 0.717) is 0 Å². The van der Waals surface area contributed by atoms with Crippen LogP contribution in [0.1, 0.15) is 61.3 Å². The maximum atomic E-state index is 13.5. The molecule has 0 aliphatic heterocycles. The SMILES string of the molecule is CC1=CCC2(O)C(=O)c3c(O)cccc3C(=O)C2(C)C1CC(O)C(C)(C)O. The van der Waals surface area contributed by atoms with Crippen molar-refractivity contribution in [2.45, 2.75) is 57.8 Å². The molecule has 1 aromatic carbocycles. The van der Waals surface area contributed by atoms with E-state index in [-0.39, 0.29) is 29.7 Å². The summed E-state index contributed by atoms with van der Waals surface area (Å²) in [6.07, 6.45) is 0.499. The first-order chi connectivity index (χ1) is 12.4. The van der Waals surface area contributed by atoms with Crippen molar-refractivity contribution in [2.75, 3.05) is 0 Å². The lowest BCUT2D eigenvalue weighted by Crippen LogP contribution is -2.65. The first-order valence-corrected chi connectivity index (χ1v) is 9.06. The summed E-state index contributed by atoms with van der Waals surface area (Å²) in [4.78, 5) is 26.6. The van der Waals surface area contributed by atoms with Crippen molar-refractivity contribution in [3.8, 4) is 5.75 Å². The largest absolute Gasteiger partial charge is 0.507 e. The van der Waals surface area contributed by atoms with Crippen LogP contribution in [0.5, 0.6) is 5.75 Å². The van der Waals surface area contributed by atoms with Crippen LogP contribution in [0, 0.1) is 11.3 Å². The van der Waals surface area contributed by atoms with Gasteiger partial charge in [-0.3, -0.25) is 9.59 Å². The minimum atomic E-state index is -2.03. The van der Waals surface area contributed by atoms with Gasteiger partial charge in [-0.25, -0.2) is 0 Å². The Morgan fingerprint density at radius 2 is 1.89 bits per heavy atom. The number of aromatic hydroxyl groups is 1. The highest BCUT2D eigenvalue weighted by Crippen LogP contribution is 2.56. The fraction of sp³-hybridized carbons (Fsp3) is 0.524. The zero-order valence-corrected chi connectivity index (χ0v) is 16.0. The minimum Gasteiger partial charge on any atom is -0.507 e. The number of hydrogen-bond acceptors (Lipinski definition) is 6. The van der Waals surface area contributed by atoms with E-state index in [1.54, 1.807) is 19.9 Å². The van der Waals surface area contributed by atoms with Crippen LogP contribution in [-0.4, -0.2) is 49.3 Å². The van der Waals surface area contributed by atoms with Gasteiger partial charge in [0.15, 0.2) is 11.6 Å². The van der Waals surface area contributed by atoms with Crippen LogP contribution in [0.4, 0.5) is 0 Å². The van der Waals surface area contributed by atoms with Crippen LogP contribution < -0.4 is 0 Å². The molecular formula is C21H26O6. The molecule has 0 bridgehead atoms. The average Bonchev–Trinajstić information content (AvgIpc) is 2.58. The molecule has 2 aliphatic rings. The zero-order chi connectivity index (χ0) is 20.4. The third-order valence-corrected chi connectivity index (χ3v) is 6.46. The molecule has 0 fully saturated rings. The molecule has 0 spiro atoms. The molecule has 146 valence electrons. The minimum absolute atomic E-state index is 0.0117. The number of phenols is 1. The molecule has 4 atom stereocenters. The number of ketones is 2. The summed E-state index contributed by atoms with van der Waals surface area (Å²) in [5, 5.41) is 42.1. The number of rotatable bonds is 3. The predicted octanol–water partition coefficient (Wildman–Crippen LogP) is 2.00. The first-order valence-electron chi connectivity index (χ1n) is 9.06. The summed E-state index contributed by atoms with van der Waals surface area (Å²) < 4.78 is 0. The Morgan fingerprint density at radius 3 is 2.48 bits per heavy atom. The Kier molecular flexibility index (Phi) is 4.38. The second kappa shape index (κ2) is 5.99. The van der Waals surface area contributed by atoms with E-state index in [4.69, 9.17) is 0 Å². The molecule has 0 saturated carbocycles. The molecule has 2 aliphatic carbocycles. The normalized spacial score (nSPS) is 31.8. The van der Waals surface area contributed by atoms with E-state index in [9.17, 15) is 30.0 Å². The Hall–Kier alpha value is -2.02. The monoisotopic (exact) mass is 374 g/mol. The number of fused-ring (bicyclic) bond motifs is 2. The molecule has 3 rings (SSSR count). The third-order valence-electron chi connectivity index (χ3n) is 6.46. The number of carbonyl (C=O) groups is 2. The smallest absolute Gasteiger partial charge is 0.200 e. The lowest BCUT2D eigenvalue weighted by molar-refractivity contribution is -0.0915. The number of phenolic OH excluding ortho intramolecular Hbond substituents is 1. The van der Waals surface area contributed by atoms with Gasteiger partial charge in [0.1, 0.15) is 11.4 Å². The summed E-state index contributed by atoms with van der Waals surface area (Å²) in [5.74, 6) is -2.12. The number of allylic oxidation sites excluding steroid dienone is 1. The molecule has 0 radical (unpaired) electrons. The van der Waals surface area contributed by atoms with Gasteiger partial charge in [-0.15, -0.1) is 0 Å². The van der Waals surface area contributed by atoms with Crippen LogP contribution >= 0.6 is 0 Å². The van der Waals surface area contributed by atoms with E-state index in [1.807, 2.05) is 0 Å².